The SMILES string of the molecule is Cc1c(N)cnc(NC2CCC(C)(C)C2)c1Br. The fourth-order valence-electron chi connectivity index (χ4n) is 2.45. The van der Waals surface area contributed by atoms with Gasteiger partial charge in [-0.15, -0.1) is 0 Å². The molecule has 1 unspecified atom stereocenters. The number of nitrogens with zero attached hydrogens (tertiary/aromatic N) is 1. The van der Waals surface area contributed by atoms with Crippen molar-refractivity contribution >= 4 is 27.4 Å². The third-order valence-corrected chi connectivity index (χ3v) is 4.58. The molecule has 1 heterocycles. The summed E-state index contributed by atoms with van der Waals surface area (Å²) in [4.78, 5) is 4.37. The molecule has 1 aromatic heterocycles. The first-order valence-corrected chi connectivity index (χ1v) is 6.85. The molecule has 4 heteroatoms. The van der Waals surface area contributed by atoms with Crippen LogP contribution in [-0.2, 0) is 0 Å². The summed E-state index contributed by atoms with van der Waals surface area (Å²) in [6.45, 7) is 6.65. The molecule has 1 fully saturated rings. The summed E-state index contributed by atoms with van der Waals surface area (Å²) in [7, 11) is 0. The van der Waals surface area contributed by atoms with Crippen molar-refractivity contribution in [2.75, 3.05) is 11.1 Å². The second kappa shape index (κ2) is 4.48. The van der Waals surface area contributed by atoms with Crippen molar-refractivity contribution < 1.29 is 0 Å². The van der Waals surface area contributed by atoms with E-state index in [4.69, 9.17) is 5.73 Å². The molecule has 3 nitrogen and oxygen atoms in total. The maximum atomic E-state index is 5.82. The van der Waals surface area contributed by atoms with E-state index in [2.05, 4.69) is 40.1 Å². The van der Waals surface area contributed by atoms with Gasteiger partial charge < -0.3 is 11.1 Å². The number of nitrogen functional groups attached to an aromatic ring is 1. The topological polar surface area (TPSA) is 50.9 Å². The van der Waals surface area contributed by atoms with Crippen molar-refractivity contribution in [1.29, 1.82) is 0 Å². The van der Waals surface area contributed by atoms with Gasteiger partial charge in [0.15, 0.2) is 0 Å². The summed E-state index contributed by atoms with van der Waals surface area (Å²) < 4.78 is 0.988. The molecule has 0 aromatic carbocycles. The first-order chi connectivity index (χ1) is 7.89. The number of hydrogen-bond acceptors (Lipinski definition) is 3. The van der Waals surface area contributed by atoms with E-state index in [1.165, 1.54) is 19.3 Å². The molecule has 0 saturated heterocycles. The molecular formula is C13H20BrN3. The third-order valence-electron chi connectivity index (χ3n) is 3.61. The number of pyridine rings is 1. The van der Waals surface area contributed by atoms with E-state index >= 15 is 0 Å². The van der Waals surface area contributed by atoms with Gasteiger partial charge in [0.1, 0.15) is 5.82 Å². The molecule has 3 N–H and O–H groups in total. The summed E-state index contributed by atoms with van der Waals surface area (Å²) in [6, 6.07) is 0.525. The summed E-state index contributed by atoms with van der Waals surface area (Å²) in [5.41, 5.74) is 8.06. The number of halogens is 1. The molecule has 1 aliphatic carbocycles. The first kappa shape index (κ1) is 12.7. The van der Waals surface area contributed by atoms with E-state index in [0.717, 1.165) is 21.5 Å². The van der Waals surface area contributed by atoms with E-state index in [1.807, 2.05) is 6.92 Å². The highest BCUT2D eigenvalue weighted by Crippen LogP contribution is 2.39. The number of nitrogens with two attached hydrogens (primary N) is 1. The Bertz CT molecular complexity index is 429. The Hall–Kier alpha value is -0.770. The lowest BCUT2D eigenvalue weighted by atomic mass is 9.92. The summed E-state index contributed by atoms with van der Waals surface area (Å²) >= 11 is 3.56. The average molecular weight is 298 g/mol. The van der Waals surface area contributed by atoms with Gasteiger partial charge >= 0.3 is 0 Å². The van der Waals surface area contributed by atoms with E-state index in [-0.39, 0.29) is 0 Å². The van der Waals surface area contributed by atoms with Crippen LogP contribution in [0.2, 0.25) is 0 Å². The molecule has 17 heavy (non-hydrogen) atoms. The van der Waals surface area contributed by atoms with Crippen molar-refractivity contribution in [2.24, 2.45) is 5.41 Å². The van der Waals surface area contributed by atoms with Gasteiger partial charge in [-0.2, -0.15) is 0 Å². The van der Waals surface area contributed by atoms with E-state index in [9.17, 15) is 0 Å². The third kappa shape index (κ3) is 2.73. The number of anilines is 2. The van der Waals surface area contributed by atoms with Gasteiger partial charge in [-0.3, -0.25) is 0 Å². The molecule has 2 rings (SSSR count). The van der Waals surface area contributed by atoms with Crippen LogP contribution in [0.1, 0.15) is 38.7 Å². The van der Waals surface area contributed by atoms with Crippen LogP contribution in [0.25, 0.3) is 0 Å². The lowest BCUT2D eigenvalue weighted by Gasteiger charge is -2.19. The first-order valence-electron chi connectivity index (χ1n) is 6.06. The zero-order valence-electron chi connectivity index (χ0n) is 10.7. The van der Waals surface area contributed by atoms with Crippen LogP contribution < -0.4 is 11.1 Å². The summed E-state index contributed by atoms with van der Waals surface area (Å²) in [5.74, 6) is 0.916. The minimum Gasteiger partial charge on any atom is -0.397 e. The van der Waals surface area contributed by atoms with Crippen LogP contribution in [0, 0.1) is 12.3 Å². The van der Waals surface area contributed by atoms with Crippen molar-refractivity contribution in [3.05, 3.63) is 16.2 Å². The molecule has 0 spiro atoms. The van der Waals surface area contributed by atoms with Gasteiger partial charge in [-0.05, 0) is 53.1 Å². The highest BCUT2D eigenvalue weighted by molar-refractivity contribution is 9.10. The van der Waals surface area contributed by atoms with Gasteiger partial charge in [0, 0.05) is 6.04 Å². The smallest absolute Gasteiger partial charge is 0.140 e. The van der Waals surface area contributed by atoms with Gasteiger partial charge in [-0.25, -0.2) is 4.98 Å². The second-order valence-corrected chi connectivity index (χ2v) is 6.54. The quantitative estimate of drug-likeness (QED) is 0.874. The molecule has 94 valence electrons. The maximum absolute atomic E-state index is 5.82. The lowest BCUT2D eigenvalue weighted by Crippen LogP contribution is -2.19. The molecule has 0 amide bonds. The number of hydrogen-bond donors (Lipinski definition) is 2. The Morgan fingerprint density at radius 3 is 2.82 bits per heavy atom. The maximum Gasteiger partial charge on any atom is 0.140 e. The van der Waals surface area contributed by atoms with Crippen LogP contribution in [-0.4, -0.2) is 11.0 Å². The van der Waals surface area contributed by atoms with Crippen LogP contribution in [0.3, 0.4) is 0 Å². The Morgan fingerprint density at radius 1 is 1.53 bits per heavy atom. The summed E-state index contributed by atoms with van der Waals surface area (Å²) in [5, 5.41) is 3.52. The predicted molar refractivity (Wildman–Crippen MR) is 76.1 cm³/mol. The van der Waals surface area contributed by atoms with E-state index in [1.54, 1.807) is 6.20 Å². The number of rotatable bonds is 2. The van der Waals surface area contributed by atoms with Crippen LogP contribution in [0.5, 0.6) is 0 Å². The second-order valence-electron chi connectivity index (χ2n) is 5.75. The fraction of sp³-hybridized carbons (Fsp3) is 0.615. The Kier molecular flexibility index (Phi) is 3.34. The van der Waals surface area contributed by atoms with Crippen LogP contribution in [0.4, 0.5) is 11.5 Å². The zero-order valence-corrected chi connectivity index (χ0v) is 12.3. The highest BCUT2D eigenvalue weighted by atomic mass is 79.9. The van der Waals surface area contributed by atoms with Crippen molar-refractivity contribution in [3.63, 3.8) is 0 Å². The molecule has 0 bridgehead atoms. The minimum atomic E-state index is 0.451. The van der Waals surface area contributed by atoms with E-state index in [0.29, 0.717) is 11.5 Å². The Balaban J connectivity index is 2.13. The highest BCUT2D eigenvalue weighted by Gasteiger charge is 2.31. The van der Waals surface area contributed by atoms with Crippen LogP contribution in [0.15, 0.2) is 10.7 Å². The van der Waals surface area contributed by atoms with Crippen molar-refractivity contribution in [3.8, 4) is 0 Å². The lowest BCUT2D eigenvalue weighted by molar-refractivity contribution is 0.378. The predicted octanol–water partition coefficient (Wildman–Crippen LogP) is 3.73. The summed E-state index contributed by atoms with van der Waals surface area (Å²) in [6.07, 6.45) is 5.41. The minimum absolute atomic E-state index is 0.451. The van der Waals surface area contributed by atoms with Gasteiger partial charge in [0.2, 0.25) is 0 Å². The van der Waals surface area contributed by atoms with Gasteiger partial charge in [0.25, 0.3) is 0 Å². The largest absolute Gasteiger partial charge is 0.397 e. The monoisotopic (exact) mass is 297 g/mol. The Labute approximate surface area is 111 Å². The van der Waals surface area contributed by atoms with E-state index < -0.39 is 0 Å². The normalized spacial score (nSPS) is 22.7. The molecule has 1 aliphatic rings. The molecular weight excluding hydrogens is 278 g/mol. The van der Waals surface area contributed by atoms with Crippen molar-refractivity contribution in [2.45, 2.75) is 46.1 Å². The van der Waals surface area contributed by atoms with Crippen molar-refractivity contribution in [1.82, 2.24) is 4.98 Å². The molecule has 0 radical (unpaired) electrons. The van der Waals surface area contributed by atoms with Crippen LogP contribution >= 0.6 is 15.9 Å². The van der Waals surface area contributed by atoms with Gasteiger partial charge in [-0.1, -0.05) is 13.8 Å². The molecule has 1 atom stereocenters. The Morgan fingerprint density at radius 2 is 2.24 bits per heavy atom. The average Bonchev–Trinajstić information content (AvgIpc) is 2.59. The molecule has 1 saturated carbocycles. The number of nitrogens with one attached hydrogen (secondary N) is 1. The van der Waals surface area contributed by atoms with Gasteiger partial charge in [0.05, 0.1) is 16.4 Å². The molecule has 0 aliphatic heterocycles. The number of aromatic nitrogens is 1. The zero-order chi connectivity index (χ0) is 12.6. The fourth-order valence-corrected chi connectivity index (χ4v) is 2.89. The molecule has 1 aromatic rings. The standard InChI is InChI=1S/C13H20BrN3/c1-8-10(15)7-16-12(11(8)14)17-9-4-5-13(2,3)6-9/h7,9H,4-6,15H2,1-3H3,(H,16,17).